The predicted molar refractivity (Wildman–Crippen MR) is 104 cm³/mol. The first-order valence-corrected chi connectivity index (χ1v) is 9.34. The van der Waals surface area contributed by atoms with Gasteiger partial charge in [0.1, 0.15) is 0 Å². The summed E-state index contributed by atoms with van der Waals surface area (Å²) < 4.78 is 1.18. The normalized spacial score (nSPS) is 11.2. The van der Waals surface area contributed by atoms with Crippen molar-refractivity contribution in [3.63, 3.8) is 0 Å². The quantitative estimate of drug-likeness (QED) is 0.587. The first-order chi connectivity index (χ1) is 11.6. The zero-order valence-electron chi connectivity index (χ0n) is 14.4. The van der Waals surface area contributed by atoms with Gasteiger partial charge in [-0.1, -0.05) is 63.6 Å². The molecule has 0 aliphatic rings. The fourth-order valence-corrected chi connectivity index (χ4v) is 4.22. The minimum absolute atomic E-state index is 0.00718. The van der Waals surface area contributed by atoms with Crippen LogP contribution in [0, 0.1) is 0 Å². The molecule has 0 spiro atoms. The van der Waals surface area contributed by atoms with E-state index >= 15 is 0 Å². The highest BCUT2D eigenvalue weighted by Gasteiger charge is 2.19. The van der Waals surface area contributed by atoms with Gasteiger partial charge < -0.3 is 5.32 Å². The molecule has 1 N–H and O–H groups in total. The molecule has 3 rings (SSSR count). The van der Waals surface area contributed by atoms with E-state index < -0.39 is 0 Å². The fourth-order valence-electron chi connectivity index (χ4n) is 3.07. The molecule has 0 radical (unpaired) electrons. The van der Waals surface area contributed by atoms with Crippen LogP contribution in [-0.2, 0) is 6.42 Å². The standard InChI is InChI=1S/C21H23NOS/c1-4-9-17-16-11-6-8-13-19(16)24-20(17)21(23)22-18-12-7-5-10-15(18)14(2)3/h5-8,10-14H,4,9H2,1-3H3,(H,22,23). The monoisotopic (exact) mass is 337 g/mol. The van der Waals surface area contributed by atoms with Gasteiger partial charge in [-0.15, -0.1) is 11.3 Å². The van der Waals surface area contributed by atoms with E-state index in [0.29, 0.717) is 5.92 Å². The maximum absolute atomic E-state index is 13.0. The van der Waals surface area contributed by atoms with Crippen LogP contribution >= 0.6 is 11.3 Å². The molecule has 0 atom stereocenters. The Labute approximate surface area is 147 Å². The zero-order valence-corrected chi connectivity index (χ0v) is 15.2. The molecule has 2 nitrogen and oxygen atoms in total. The van der Waals surface area contributed by atoms with E-state index in [1.165, 1.54) is 21.2 Å². The van der Waals surface area contributed by atoms with E-state index in [0.717, 1.165) is 23.4 Å². The number of anilines is 1. The van der Waals surface area contributed by atoms with Crippen molar-refractivity contribution in [1.82, 2.24) is 0 Å². The molecule has 0 aliphatic heterocycles. The van der Waals surface area contributed by atoms with Crippen LogP contribution in [-0.4, -0.2) is 5.91 Å². The predicted octanol–water partition coefficient (Wildman–Crippen LogP) is 6.23. The fraction of sp³-hybridized carbons (Fsp3) is 0.286. The lowest BCUT2D eigenvalue weighted by molar-refractivity contribution is 0.102. The molecule has 0 bridgehead atoms. The second-order valence-corrected chi connectivity index (χ2v) is 7.40. The summed E-state index contributed by atoms with van der Waals surface area (Å²) in [7, 11) is 0. The van der Waals surface area contributed by atoms with Crippen molar-refractivity contribution in [1.29, 1.82) is 0 Å². The van der Waals surface area contributed by atoms with Crippen molar-refractivity contribution in [2.75, 3.05) is 5.32 Å². The number of amides is 1. The van der Waals surface area contributed by atoms with Crippen LogP contribution in [0.2, 0.25) is 0 Å². The number of rotatable bonds is 5. The molecule has 1 heterocycles. The molecule has 0 unspecified atom stereocenters. The molecular weight excluding hydrogens is 314 g/mol. The van der Waals surface area contributed by atoms with Gasteiger partial charge >= 0.3 is 0 Å². The summed E-state index contributed by atoms with van der Waals surface area (Å²) in [6, 6.07) is 16.4. The van der Waals surface area contributed by atoms with Gasteiger partial charge in [-0.05, 0) is 41.0 Å². The lowest BCUT2D eigenvalue weighted by Crippen LogP contribution is -2.14. The van der Waals surface area contributed by atoms with E-state index in [1.807, 2.05) is 30.3 Å². The summed E-state index contributed by atoms with van der Waals surface area (Å²) >= 11 is 1.59. The molecule has 2 aromatic carbocycles. The summed E-state index contributed by atoms with van der Waals surface area (Å²) in [5.41, 5.74) is 3.26. The van der Waals surface area contributed by atoms with Gasteiger partial charge in [0.2, 0.25) is 0 Å². The highest BCUT2D eigenvalue weighted by molar-refractivity contribution is 7.21. The second kappa shape index (κ2) is 7.18. The second-order valence-electron chi connectivity index (χ2n) is 6.35. The van der Waals surface area contributed by atoms with E-state index in [4.69, 9.17) is 0 Å². The van der Waals surface area contributed by atoms with Crippen LogP contribution in [0.4, 0.5) is 5.69 Å². The number of hydrogen-bond acceptors (Lipinski definition) is 2. The van der Waals surface area contributed by atoms with Crippen LogP contribution in [0.5, 0.6) is 0 Å². The number of carbonyl (C=O) groups excluding carboxylic acids is 1. The number of aryl methyl sites for hydroxylation is 1. The molecule has 1 aromatic heterocycles. The third-order valence-electron chi connectivity index (χ3n) is 4.24. The van der Waals surface area contributed by atoms with Gasteiger partial charge in [0, 0.05) is 10.4 Å². The molecule has 0 aliphatic carbocycles. The van der Waals surface area contributed by atoms with Crippen LogP contribution in [0.25, 0.3) is 10.1 Å². The highest BCUT2D eigenvalue weighted by Crippen LogP contribution is 2.33. The molecular formula is C21H23NOS. The number of thiophene rings is 1. The summed E-state index contributed by atoms with van der Waals surface area (Å²) in [6.45, 7) is 6.45. The maximum atomic E-state index is 13.0. The molecule has 0 saturated carbocycles. The molecule has 1 amide bonds. The van der Waals surface area contributed by atoms with Gasteiger partial charge in [0.15, 0.2) is 0 Å². The van der Waals surface area contributed by atoms with Crippen molar-refractivity contribution >= 4 is 33.0 Å². The first kappa shape index (κ1) is 16.7. The Balaban J connectivity index is 1.99. The van der Waals surface area contributed by atoms with Gasteiger partial charge in [-0.2, -0.15) is 0 Å². The van der Waals surface area contributed by atoms with Crippen LogP contribution in [0.3, 0.4) is 0 Å². The van der Waals surface area contributed by atoms with Crippen molar-refractivity contribution in [3.8, 4) is 0 Å². The van der Waals surface area contributed by atoms with Gasteiger partial charge in [0.25, 0.3) is 5.91 Å². The Morgan fingerprint density at radius 1 is 1.08 bits per heavy atom. The third kappa shape index (κ3) is 3.22. The molecule has 3 aromatic rings. The topological polar surface area (TPSA) is 29.1 Å². The number of carbonyl (C=O) groups is 1. The Kier molecular flexibility index (Phi) is 5.00. The van der Waals surface area contributed by atoms with Crippen LogP contribution < -0.4 is 5.32 Å². The smallest absolute Gasteiger partial charge is 0.266 e. The molecule has 0 fully saturated rings. The third-order valence-corrected chi connectivity index (χ3v) is 5.45. The van der Waals surface area contributed by atoms with Crippen LogP contribution in [0.1, 0.15) is 53.9 Å². The van der Waals surface area contributed by atoms with E-state index in [-0.39, 0.29) is 5.91 Å². The minimum Gasteiger partial charge on any atom is -0.321 e. The number of para-hydroxylation sites is 1. The van der Waals surface area contributed by atoms with Crippen LogP contribution in [0.15, 0.2) is 48.5 Å². The number of hydrogen-bond donors (Lipinski definition) is 1. The van der Waals surface area contributed by atoms with Gasteiger partial charge in [-0.3, -0.25) is 4.79 Å². The lowest BCUT2D eigenvalue weighted by Gasteiger charge is -2.13. The number of benzene rings is 2. The highest BCUT2D eigenvalue weighted by atomic mass is 32.1. The minimum atomic E-state index is 0.00718. The van der Waals surface area contributed by atoms with Crippen molar-refractivity contribution in [3.05, 3.63) is 64.5 Å². The van der Waals surface area contributed by atoms with Gasteiger partial charge in [-0.25, -0.2) is 0 Å². The SMILES string of the molecule is CCCc1c(C(=O)Nc2ccccc2C(C)C)sc2ccccc12. The van der Waals surface area contributed by atoms with Crippen molar-refractivity contribution < 1.29 is 4.79 Å². The first-order valence-electron chi connectivity index (χ1n) is 8.52. The van der Waals surface area contributed by atoms with E-state index in [1.54, 1.807) is 11.3 Å². The summed E-state index contributed by atoms with van der Waals surface area (Å²) in [5, 5.41) is 4.35. The number of nitrogens with one attached hydrogen (secondary N) is 1. The van der Waals surface area contributed by atoms with Crippen molar-refractivity contribution in [2.45, 2.75) is 39.5 Å². The average Bonchev–Trinajstić information content (AvgIpc) is 2.94. The Morgan fingerprint density at radius 2 is 1.79 bits per heavy atom. The number of fused-ring (bicyclic) bond motifs is 1. The largest absolute Gasteiger partial charge is 0.321 e. The maximum Gasteiger partial charge on any atom is 0.266 e. The van der Waals surface area contributed by atoms with Crippen molar-refractivity contribution in [2.24, 2.45) is 0 Å². The molecule has 24 heavy (non-hydrogen) atoms. The zero-order chi connectivity index (χ0) is 17.1. The summed E-state index contributed by atoms with van der Waals surface area (Å²) in [5.74, 6) is 0.381. The Hall–Kier alpha value is -2.13. The van der Waals surface area contributed by atoms with E-state index in [2.05, 4.69) is 44.3 Å². The molecule has 0 saturated heterocycles. The Morgan fingerprint density at radius 3 is 2.54 bits per heavy atom. The molecule has 3 heteroatoms. The molecule has 124 valence electrons. The average molecular weight is 337 g/mol. The summed E-state index contributed by atoms with van der Waals surface area (Å²) in [6.07, 6.45) is 1.96. The van der Waals surface area contributed by atoms with E-state index in [9.17, 15) is 4.79 Å². The lowest BCUT2D eigenvalue weighted by atomic mass is 10.0. The Bertz CT molecular complexity index is 863. The summed E-state index contributed by atoms with van der Waals surface area (Å²) in [4.78, 5) is 13.8. The van der Waals surface area contributed by atoms with Gasteiger partial charge in [0.05, 0.1) is 4.88 Å².